The first-order valence-corrected chi connectivity index (χ1v) is 13.8. The first kappa shape index (κ1) is 26.9. The van der Waals surface area contributed by atoms with Crippen LogP contribution in [0, 0.1) is 5.41 Å². The van der Waals surface area contributed by atoms with Gasteiger partial charge in [-0.1, -0.05) is 48.8 Å². The van der Waals surface area contributed by atoms with E-state index in [0.29, 0.717) is 5.69 Å². The van der Waals surface area contributed by atoms with Crippen molar-refractivity contribution in [3.05, 3.63) is 63.8 Å². The Kier molecular flexibility index (Phi) is 7.25. The lowest BCUT2D eigenvalue weighted by molar-refractivity contribution is -0.129. The minimum Gasteiger partial charge on any atom is -0.509 e. The molecule has 0 fully saturated rings. The number of halogens is 1. The molecule has 37 heavy (non-hydrogen) atoms. The van der Waals surface area contributed by atoms with Crippen molar-refractivity contribution in [2.45, 2.75) is 33.4 Å². The zero-order valence-corrected chi connectivity index (χ0v) is 23.3. The van der Waals surface area contributed by atoms with Crippen molar-refractivity contribution >= 4 is 52.1 Å². The van der Waals surface area contributed by atoms with Crippen LogP contribution in [0.3, 0.4) is 0 Å². The third kappa shape index (κ3) is 5.30. The number of aliphatic hydroxyl groups excluding tert-OH is 1. The van der Waals surface area contributed by atoms with Crippen LogP contribution in [0.4, 0.5) is 5.69 Å². The molecule has 2 unspecified atom stereocenters. The molecule has 2 heterocycles. The van der Waals surface area contributed by atoms with Crippen molar-refractivity contribution in [2.24, 2.45) is 15.9 Å². The normalized spacial score (nSPS) is 21.4. The molecule has 2 atom stereocenters. The number of ether oxygens (including phenoxy) is 1. The van der Waals surface area contributed by atoms with E-state index in [-0.39, 0.29) is 41.4 Å². The summed E-state index contributed by atoms with van der Waals surface area (Å²) in [5.41, 5.74) is 5.80. The van der Waals surface area contributed by atoms with Crippen molar-refractivity contribution in [3.63, 3.8) is 0 Å². The van der Waals surface area contributed by atoms with Crippen molar-refractivity contribution in [1.82, 2.24) is 4.90 Å². The van der Waals surface area contributed by atoms with Crippen molar-refractivity contribution in [3.8, 4) is 5.75 Å². The number of aliphatic hydroxyl groups is 1. The summed E-state index contributed by atoms with van der Waals surface area (Å²) in [5.74, 6) is -1.06. The number of amidine groups is 1. The van der Waals surface area contributed by atoms with Gasteiger partial charge in [0.05, 0.1) is 17.0 Å². The van der Waals surface area contributed by atoms with Crippen LogP contribution in [0.15, 0.2) is 63.0 Å². The largest absolute Gasteiger partial charge is 0.509 e. The van der Waals surface area contributed by atoms with Crippen molar-refractivity contribution in [2.75, 3.05) is 19.0 Å². The summed E-state index contributed by atoms with van der Waals surface area (Å²) in [6, 6.07) is 11.5. The maximum Gasteiger partial charge on any atom is 0.348 e. The Morgan fingerprint density at radius 3 is 2.62 bits per heavy atom. The molecule has 0 aromatic heterocycles. The van der Waals surface area contributed by atoms with Crippen LogP contribution in [0.1, 0.15) is 26.3 Å². The van der Waals surface area contributed by atoms with Gasteiger partial charge >= 0.3 is 7.52 Å². The van der Waals surface area contributed by atoms with E-state index in [0.717, 1.165) is 10.0 Å². The van der Waals surface area contributed by atoms with Gasteiger partial charge in [0.15, 0.2) is 12.4 Å². The van der Waals surface area contributed by atoms with E-state index in [1.54, 1.807) is 17.0 Å². The highest BCUT2D eigenvalue weighted by Gasteiger charge is 2.48. The summed E-state index contributed by atoms with van der Waals surface area (Å²) in [4.78, 5) is 26.4. The number of carbonyl (C=O) groups excluding carboxylic acids is 2. The third-order valence-electron chi connectivity index (χ3n) is 5.99. The molecule has 0 spiro atoms. The maximum atomic E-state index is 13.8. The molecule has 10 nitrogen and oxygen atoms in total. The van der Waals surface area contributed by atoms with Crippen LogP contribution in [-0.4, -0.2) is 47.4 Å². The number of hydrogen-bond acceptors (Lipinski definition) is 7. The molecule has 2 aromatic carbocycles. The number of amides is 2. The average Bonchev–Trinajstić information content (AvgIpc) is 3.07. The van der Waals surface area contributed by atoms with Crippen molar-refractivity contribution in [1.29, 1.82) is 0 Å². The second kappa shape index (κ2) is 9.96. The molecule has 2 aliphatic heterocycles. The standard InChI is InChI=1S/C25H28BrN4O6P/c1-25(2,3)22-21(32)20(24(33)30(22)12-14-6-5-7-15(26)10-14)23-28-17-9-8-16(36-13-19(27)31)11-18(17)37(34,29-23)35-4/h5-11,22,32H,12-13H2,1-4H3,(H2,27,31)(H,28,29,34). The average molecular weight is 591 g/mol. The Morgan fingerprint density at radius 1 is 1.27 bits per heavy atom. The molecule has 0 saturated carbocycles. The summed E-state index contributed by atoms with van der Waals surface area (Å²) < 4.78 is 29.6. The maximum absolute atomic E-state index is 13.8. The van der Waals surface area contributed by atoms with Gasteiger partial charge in [0.25, 0.3) is 11.8 Å². The number of primary amides is 1. The number of nitrogens with one attached hydrogen (secondary N) is 1. The highest BCUT2D eigenvalue weighted by atomic mass is 79.9. The van der Waals surface area contributed by atoms with E-state index < -0.39 is 30.8 Å². The molecule has 0 bridgehead atoms. The molecule has 2 amide bonds. The molecule has 4 N–H and O–H groups in total. The number of rotatable bonds is 7. The predicted molar refractivity (Wildman–Crippen MR) is 144 cm³/mol. The third-order valence-corrected chi connectivity index (χ3v) is 8.42. The van der Waals surface area contributed by atoms with Crippen LogP contribution < -0.4 is 21.1 Å². The summed E-state index contributed by atoms with van der Waals surface area (Å²) in [7, 11) is -2.62. The number of fused-ring (bicyclic) bond motifs is 1. The number of nitrogens with zero attached hydrogens (tertiary/aromatic N) is 2. The Labute approximate surface area is 223 Å². The number of benzene rings is 2. The summed E-state index contributed by atoms with van der Waals surface area (Å²) in [6.07, 6.45) is 0. The molecule has 0 saturated heterocycles. The molecular weight excluding hydrogens is 563 g/mol. The van der Waals surface area contributed by atoms with Gasteiger partial charge in [0, 0.05) is 18.1 Å². The highest BCUT2D eigenvalue weighted by Crippen LogP contribution is 2.52. The smallest absolute Gasteiger partial charge is 0.348 e. The van der Waals surface area contributed by atoms with Crippen LogP contribution in [-0.2, 0) is 25.2 Å². The van der Waals surface area contributed by atoms with E-state index in [2.05, 4.69) is 26.0 Å². The van der Waals surface area contributed by atoms with E-state index in [1.807, 2.05) is 45.0 Å². The summed E-state index contributed by atoms with van der Waals surface area (Å²) >= 11 is 3.46. The molecule has 0 aliphatic carbocycles. The molecule has 196 valence electrons. The highest BCUT2D eigenvalue weighted by molar-refractivity contribution is 9.10. The minimum atomic E-state index is -3.87. The zero-order valence-electron chi connectivity index (χ0n) is 20.8. The van der Waals surface area contributed by atoms with E-state index in [1.165, 1.54) is 13.2 Å². The van der Waals surface area contributed by atoms with Crippen LogP contribution in [0.25, 0.3) is 0 Å². The Bertz CT molecular complexity index is 1380. The Balaban J connectivity index is 1.74. The first-order chi connectivity index (χ1) is 17.3. The first-order valence-electron chi connectivity index (χ1n) is 11.4. The number of anilines is 1. The van der Waals surface area contributed by atoms with E-state index in [9.17, 15) is 19.3 Å². The fourth-order valence-electron chi connectivity index (χ4n) is 4.44. The molecule has 0 radical (unpaired) electrons. The van der Waals surface area contributed by atoms with Crippen molar-refractivity contribution < 1.29 is 28.5 Å². The summed E-state index contributed by atoms with van der Waals surface area (Å²) in [5, 5.41) is 14.6. The van der Waals surface area contributed by atoms with E-state index in [4.69, 9.17) is 15.0 Å². The zero-order chi connectivity index (χ0) is 27.1. The second-order valence-electron chi connectivity index (χ2n) is 9.80. The van der Waals surface area contributed by atoms with Crippen LogP contribution in [0.2, 0.25) is 0 Å². The van der Waals surface area contributed by atoms with Crippen LogP contribution in [0.5, 0.6) is 5.75 Å². The monoisotopic (exact) mass is 590 g/mol. The Morgan fingerprint density at radius 2 is 2.00 bits per heavy atom. The lowest BCUT2D eigenvalue weighted by atomic mass is 9.85. The van der Waals surface area contributed by atoms with Crippen LogP contribution >= 0.6 is 23.4 Å². The molecule has 4 rings (SSSR count). The van der Waals surface area contributed by atoms with Gasteiger partial charge in [0.2, 0.25) is 0 Å². The molecule has 12 heteroatoms. The Hall–Kier alpha value is -3.14. The minimum absolute atomic E-state index is 0.0445. The number of carbonyl (C=O) groups is 2. The van der Waals surface area contributed by atoms with Gasteiger partial charge in [0.1, 0.15) is 17.1 Å². The number of nitrogens with two attached hydrogens (primary N) is 1. The molecular formula is C25H28BrN4O6P. The van der Waals surface area contributed by atoms with Gasteiger partial charge in [-0.05, 0) is 41.3 Å². The van der Waals surface area contributed by atoms with E-state index >= 15 is 0 Å². The predicted octanol–water partition coefficient (Wildman–Crippen LogP) is 3.87. The van der Waals surface area contributed by atoms with Gasteiger partial charge in [-0.15, -0.1) is 0 Å². The lowest BCUT2D eigenvalue weighted by Gasteiger charge is -2.35. The van der Waals surface area contributed by atoms with Gasteiger partial charge in [-0.25, -0.2) is 0 Å². The fourth-order valence-corrected chi connectivity index (χ4v) is 6.41. The topological polar surface area (TPSA) is 144 Å². The molecule has 2 aliphatic rings. The van der Waals surface area contributed by atoms with Gasteiger partial charge < -0.3 is 30.3 Å². The quantitative estimate of drug-likeness (QED) is 0.415. The number of hydrogen-bond donors (Lipinski definition) is 3. The van der Waals surface area contributed by atoms with Gasteiger partial charge in [-0.3, -0.25) is 14.2 Å². The molecule has 2 aromatic rings. The fraction of sp³-hybridized carbons (Fsp3) is 0.320. The van der Waals surface area contributed by atoms with Gasteiger partial charge in [-0.2, -0.15) is 4.76 Å². The summed E-state index contributed by atoms with van der Waals surface area (Å²) in [6.45, 7) is 5.68. The SMILES string of the molecule is COP1(=O)N=C(C2=C(O)C(C(C)(C)C)N(Cc3cccc(Br)c3)C2=O)Nc2ccc(OCC(N)=O)cc21. The second-order valence-corrected chi connectivity index (χ2v) is 12.8. The lowest BCUT2D eigenvalue weighted by Crippen LogP contribution is -2.43.